The van der Waals surface area contributed by atoms with Gasteiger partial charge in [-0.05, 0) is 77.4 Å². The van der Waals surface area contributed by atoms with Gasteiger partial charge < -0.3 is 9.13 Å². The highest BCUT2D eigenvalue weighted by molar-refractivity contribution is 6.12. The number of hydrogen-bond donors (Lipinski definition) is 0. The lowest BCUT2D eigenvalue weighted by Gasteiger charge is -2.15. The van der Waals surface area contributed by atoms with Crippen molar-refractivity contribution >= 4 is 43.6 Å². The maximum Gasteiger partial charge on any atom is 0.0998 e. The molecule has 0 aliphatic carbocycles. The number of aromatic nitrogens is 2. The van der Waals surface area contributed by atoms with Gasteiger partial charge in [-0.3, -0.25) is 0 Å². The molecule has 0 fully saturated rings. The summed E-state index contributed by atoms with van der Waals surface area (Å²) in [5.74, 6) is 0. The molecule has 4 nitrogen and oxygen atoms in total. The molecule has 48 heavy (non-hydrogen) atoms. The van der Waals surface area contributed by atoms with Crippen molar-refractivity contribution < 1.29 is 0 Å². The molecule has 0 aliphatic rings. The molecule has 9 aromatic rings. The normalized spacial score (nSPS) is 11.3. The maximum atomic E-state index is 9.83. The van der Waals surface area contributed by atoms with E-state index in [0.29, 0.717) is 11.1 Å². The zero-order chi connectivity index (χ0) is 32.2. The third-order valence-corrected chi connectivity index (χ3v) is 9.42. The first kappa shape index (κ1) is 27.4. The fourth-order valence-electron chi connectivity index (χ4n) is 7.25. The van der Waals surface area contributed by atoms with E-state index in [0.717, 1.165) is 66.5 Å². The summed E-state index contributed by atoms with van der Waals surface area (Å²) in [6.07, 6.45) is 0. The van der Waals surface area contributed by atoms with Gasteiger partial charge >= 0.3 is 0 Å². The molecule has 0 bridgehead atoms. The largest absolute Gasteiger partial charge is 0.309 e. The molecule has 0 N–H and O–H groups in total. The first-order valence-electron chi connectivity index (χ1n) is 15.9. The first-order valence-corrected chi connectivity index (χ1v) is 15.9. The van der Waals surface area contributed by atoms with Gasteiger partial charge in [-0.15, -0.1) is 0 Å². The molecular weight excluding hydrogens is 585 g/mol. The number of hydrogen-bond acceptors (Lipinski definition) is 2. The van der Waals surface area contributed by atoms with E-state index in [1.807, 2.05) is 36.4 Å². The van der Waals surface area contributed by atoms with Crippen LogP contribution >= 0.6 is 0 Å². The zero-order valence-electron chi connectivity index (χ0n) is 25.8. The second-order valence-electron chi connectivity index (χ2n) is 12.0. The van der Waals surface area contributed by atoms with Gasteiger partial charge in [0, 0.05) is 32.8 Å². The molecule has 222 valence electrons. The van der Waals surface area contributed by atoms with Crippen LogP contribution in [0.3, 0.4) is 0 Å². The van der Waals surface area contributed by atoms with Gasteiger partial charge in [-0.25, -0.2) is 0 Å². The van der Waals surface area contributed by atoms with Crippen LogP contribution in [0.5, 0.6) is 0 Å². The Morgan fingerprint density at radius 2 is 0.958 bits per heavy atom. The summed E-state index contributed by atoms with van der Waals surface area (Å²) in [5.41, 5.74) is 12.0. The minimum Gasteiger partial charge on any atom is -0.309 e. The Morgan fingerprint density at radius 3 is 1.58 bits per heavy atom. The molecule has 9 rings (SSSR count). The van der Waals surface area contributed by atoms with Crippen molar-refractivity contribution in [3.8, 4) is 45.8 Å². The van der Waals surface area contributed by atoms with Crippen LogP contribution in [0, 0.1) is 22.7 Å². The highest BCUT2D eigenvalue weighted by atomic mass is 15.0. The quantitative estimate of drug-likeness (QED) is 0.199. The molecule has 0 spiro atoms. The Labute approximate surface area is 277 Å². The van der Waals surface area contributed by atoms with Crippen LogP contribution in [0.4, 0.5) is 0 Å². The Hall–Kier alpha value is -6.88. The van der Waals surface area contributed by atoms with E-state index in [-0.39, 0.29) is 0 Å². The summed E-state index contributed by atoms with van der Waals surface area (Å²) >= 11 is 0. The summed E-state index contributed by atoms with van der Waals surface area (Å²) in [6.45, 7) is 0. The average Bonchev–Trinajstić information content (AvgIpc) is 3.68. The fraction of sp³-hybridized carbons (Fsp3) is 0. The van der Waals surface area contributed by atoms with E-state index in [4.69, 9.17) is 0 Å². The van der Waals surface area contributed by atoms with Crippen molar-refractivity contribution in [3.63, 3.8) is 0 Å². The standard InChI is InChI=1S/C44H26N4/c45-27-29-16-25-42(48-39-12-4-1-9-35(39)36-10-2-5-13-40(36)48)38(26-29)32-19-17-30(18-20-32)31-21-23-34(24-22-31)47-41-14-6-3-11-37(41)44-33(28-46)8-7-15-43(44)47/h1-26H. The third-order valence-electron chi connectivity index (χ3n) is 9.42. The van der Waals surface area contributed by atoms with Gasteiger partial charge in [-0.2, -0.15) is 10.5 Å². The number of nitrogens with zero attached hydrogens (tertiary/aromatic N) is 4. The molecule has 2 heterocycles. The number of nitriles is 2. The molecule has 0 aliphatic heterocycles. The van der Waals surface area contributed by atoms with E-state index in [2.05, 4.69) is 143 Å². The molecule has 0 amide bonds. The van der Waals surface area contributed by atoms with E-state index >= 15 is 0 Å². The number of fused-ring (bicyclic) bond motifs is 6. The van der Waals surface area contributed by atoms with E-state index in [1.165, 1.54) is 10.8 Å². The number of rotatable bonds is 4. The lowest BCUT2D eigenvalue weighted by Crippen LogP contribution is -1.98. The molecular formula is C44H26N4. The van der Waals surface area contributed by atoms with Gasteiger partial charge in [-0.1, -0.05) is 97.1 Å². The van der Waals surface area contributed by atoms with Crippen LogP contribution in [0.2, 0.25) is 0 Å². The van der Waals surface area contributed by atoms with Crippen molar-refractivity contribution in [2.24, 2.45) is 0 Å². The average molecular weight is 611 g/mol. The van der Waals surface area contributed by atoms with Crippen molar-refractivity contribution in [3.05, 3.63) is 169 Å². The first-order chi connectivity index (χ1) is 23.7. The minimum absolute atomic E-state index is 0.626. The summed E-state index contributed by atoms with van der Waals surface area (Å²) in [6, 6.07) is 59.0. The van der Waals surface area contributed by atoms with Crippen molar-refractivity contribution in [2.75, 3.05) is 0 Å². The van der Waals surface area contributed by atoms with Crippen LogP contribution in [0.15, 0.2) is 158 Å². The Balaban J connectivity index is 1.12. The Morgan fingerprint density at radius 1 is 0.417 bits per heavy atom. The summed E-state index contributed by atoms with van der Waals surface area (Å²) in [7, 11) is 0. The van der Waals surface area contributed by atoms with E-state index < -0.39 is 0 Å². The number of para-hydroxylation sites is 3. The second-order valence-corrected chi connectivity index (χ2v) is 12.0. The van der Waals surface area contributed by atoms with Gasteiger partial charge in [0.15, 0.2) is 0 Å². The maximum absolute atomic E-state index is 9.83. The smallest absolute Gasteiger partial charge is 0.0998 e. The third kappa shape index (κ3) is 4.14. The lowest BCUT2D eigenvalue weighted by atomic mass is 9.97. The van der Waals surface area contributed by atoms with Crippen LogP contribution < -0.4 is 0 Å². The molecule has 2 aromatic heterocycles. The van der Waals surface area contributed by atoms with Crippen LogP contribution in [0.25, 0.3) is 77.2 Å². The van der Waals surface area contributed by atoms with E-state index in [9.17, 15) is 10.5 Å². The summed E-state index contributed by atoms with van der Waals surface area (Å²) in [4.78, 5) is 0. The van der Waals surface area contributed by atoms with Crippen molar-refractivity contribution in [1.29, 1.82) is 10.5 Å². The summed E-state index contributed by atoms with van der Waals surface area (Å²) in [5, 5.41) is 24.1. The van der Waals surface area contributed by atoms with E-state index in [1.54, 1.807) is 0 Å². The van der Waals surface area contributed by atoms with Gasteiger partial charge in [0.25, 0.3) is 0 Å². The topological polar surface area (TPSA) is 57.4 Å². The molecule has 0 atom stereocenters. The van der Waals surface area contributed by atoms with Crippen molar-refractivity contribution in [2.45, 2.75) is 0 Å². The van der Waals surface area contributed by atoms with Gasteiger partial charge in [0.05, 0.1) is 51.0 Å². The van der Waals surface area contributed by atoms with Crippen LogP contribution in [-0.2, 0) is 0 Å². The molecule has 0 saturated heterocycles. The Kier molecular flexibility index (Phi) is 6.22. The second kappa shape index (κ2) is 10.9. The van der Waals surface area contributed by atoms with Crippen LogP contribution in [-0.4, -0.2) is 9.13 Å². The molecule has 4 heteroatoms. The summed E-state index contributed by atoms with van der Waals surface area (Å²) < 4.78 is 4.54. The Bertz CT molecular complexity index is 2730. The molecule has 0 radical (unpaired) electrons. The lowest BCUT2D eigenvalue weighted by molar-refractivity contribution is 1.18. The minimum atomic E-state index is 0.626. The predicted octanol–water partition coefficient (Wildman–Crippen LogP) is 11.0. The highest BCUT2D eigenvalue weighted by Gasteiger charge is 2.17. The fourth-order valence-corrected chi connectivity index (χ4v) is 7.25. The number of benzene rings is 7. The van der Waals surface area contributed by atoms with Crippen molar-refractivity contribution in [1.82, 2.24) is 9.13 Å². The van der Waals surface area contributed by atoms with Gasteiger partial charge in [0.1, 0.15) is 0 Å². The zero-order valence-corrected chi connectivity index (χ0v) is 25.8. The SMILES string of the molecule is N#Cc1ccc(-n2c3ccccc3c3ccccc32)c(-c2ccc(-c3ccc(-n4c5ccccc5c5c(C#N)cccc54)cc3)cc2)c1. The predicted molar refractivity (Wildman–Crippen MR) is 195 cm³/mol. The highest BCUT2D eigenvalue weighted by Crippen LogP contribution is 2.38. The molecule has 0 unspecified atom stereocenters. The molecule has 7 aromatic carbocycles. The van der Waals surface area contributed by atoms with Gasteiger partial charge in [0.2, 0.25) is 0 Å². The molecule has 0 saturated carbocycles. The monoisotopic (exact) mass is 610 g/mol. The van der Waals surface area contributed by atoms with Crippen LogP contribution in [0.1, 0.15) is 11.1 Å².